The summed E-state index contributed by atoms with van der Waals surface area (Å²) in [7, 11) is -0.508. The molecule has 0 fully saturated rings. The van der Waals surface area contributed by atoms with E-state index in [0.29, 0.717) is 5.75 Å². The van der Waals surface area contributed by atoms with Crippen molar-refractivity contribution in [3.63, 3.8) is 0 Å². The molecule has 5 aromatic rings. The van der Waals surface area contributed by atoms with Gasteiger partial charge in [-0.3, -0.25) is 0 Å². The average Bonchev–Trinajstić information content (AvgIpc) is 2.99. The van der Waals surface area contributed by atoms with E-state index >= 15 is 0 Å². The third kappa shape index (κ3) is 6.15. The van der Waals surface area contributed by atoms with Gasteiger partial charge in [0.05, 0.1) is 0 Å². The summed E-state index contributed by atoms with van der Waals surface area (Å²) in [5, 5.41) is 0. The Labute approximate surface area is 233 Å². The van der Waals surface area contributed by atoms with Crippen LogP contribution in [-0.2, 0) is 10.1 Å². The average molecular weight is 553 g/mol. The van der Waals surface area contributed by atoms with Crippen LogP contribution in [0.1, 0.15) is 27.8 Å². The van der Waals surface area contributed by atoms with E-state index in [-0.39, 0.29) is 18.1 Å². The van der Waals surface area contributed by atoms with Gasteiger partial charge in [-0.1, -0.05) is 115 Å². The second-order valence-corrected chi connectivity index (χ2v) is 10.2. The summed E-state index contributed by atoms with van der Waals surface area (Å²) in [6.07, 6.45) is 0. The first-order chi connectivity index (χ1) is 19.2. The van der Waals surface area contributed by atoms with Crippen molar-refractivity contribution in [1.29, 1.82) is 0 Å². The van der Waals surface area contributed by atoms with Crippen molar-refractivity contribution < 1.29 is 18.1 Å². The van der Waals surface area contributed by atoms with Crippen LogP contribution in [-0.4, -0.2) is 0 Å². The predicted molar refractivity (Wildman–Crippen MR) is 161 cm³/mol. The third-order valence-electron chi connectivity index (χ3n) is 6.46. The summed E-state index contributed by atoms with van der Waals surface area (Å²) < 4.78 is 25.4. The van der Waals surface area contributed by atoms with E-state index < -0.39 is 5.60 Å². The summed E-state index contributed by atoms with van der Waals surface area (Å²) in [4.78, 5) is 0. The monoisotopic (exact) mass is 552 g/mol. The van der Waals surface area contributed by atoms with E-state index in [4.69, 9.17) is 18.1 Å². The van der Waals surface area contributed by atoms with Crippen molar-refractivity contribution in [3.05, 3.63) is 161 Å². The van der Waals surface area contributed by atoms with Gasteiger partial charge in [-0.25, -0.2) is 0 Å². The van der Waals surface area contributed by atoms with Gasteiger partial charge in [0.2, 0.25) is 9.03 Å². The number of hydrogen-bond donors (Lipinski definition) is 0. The van der Waals surface area contributed by atoms with Gasteiger partial charge in [-0.15, -0.1) is 0 Å². The molecule has 6 heteroatoms. The Hall–Kier alpha value is -3.68. The normalized spacial score (nSPS) is 11.7. The minimum atomic E-state index is -0.993. The Morgan fingerprint density at radius 2 is 0.846 bits per heavy atom. The molecule has 0 spiro atoms. The maximum atomic E-state index is 6.86. The zero-order valence-corrected chi connectivity index (χ0v) is 23.8. The van der Waals surface area contributed by atoms with Crippen LogP contribution in [0.4, 0.5) is 0 Å². The molecule has 0 N–H and O–H groups in total. The molecule has 0 bridgehead atoms. The lowest BCUT2D eigenvalue weighted by molar-refractivity contribution is 0.166. The summed E-state index contributed by atoms with van der Waals surface area (Å²) >= 11 is 0. The van der Waals surface area contributed by atoms with Gasteiger partial charge in [-0.2, -0.15) is 0 Å². The summed E-state index contributed by atoms with van der Waals surface area (Å²) in [6.45, 7) is 4.05. The van der Waals surface area contributed by atoms with Crippen LogP contribution >= 0.6 is 18.1 Å². The number of aryl methyl sites for hydroxylation is 2. The first-order valence-corrected chi connectivity index (χ1v) is 14.3. The Balaban J connectivity index is 1.54. The molecule has 0 aliphatic rings. The molecular formula is C33H30O4P2. The standard InChI is InChI=1S/C33H30O4P2/c1-25-15-9-12-22-30(25)34-38-36-32-24-14-11-21-29(32)33(27-17-5-3-6-18-27,28-19-7-4-8-20-28)37-39-35-31-23-13-10-16-26(31)2/h3-24,38-39H,1-2H3. The molecule has 0 aromatic heterocycles. The minimum Gasteiger partial charge on any atom is -0.449 e. The molecule has 0 aliphatic heterocycles. The lowest BCUT2D eigenvalue weighted by atomic mass is 9.80. The second-order valence-electron chi connectivity index (χ2n) is 9.02. The van der Waals surface area contributed by atoms with Gasteiger partial charge in [0, 0.05) is 5.56 Å². The Morgan fingerprint density at radius 1 is 0.436 bits per heavy atom. The number of para-hydroxylation sites is 3. The van der Waals surface area contributed by atoms with Gasteiger partial charge < -0.3 is 18.1 Å². The molecule has 5 aromatic carbocycles. The van der Waals surface area contributed by atoms with Crippen LogP contribution in [0.3, 0.4) is 0 Å². The Bertz CT molecular complexity index is 1450. The van der Waals surface area contributed by atoms with Gasteiger partial charge in [-0.05, 0) is 54.3 Å². The SMILES string of the molecule is Cc1ccccc1OPOc1ccccc1C(OPOc1ccccc1C)(c1ccccc1)c1ccccc1. The predicted octanol–water partition coefficient (Wildman–Crippen LogP) is 9.17. The van der Waals surface area contributed by atoms with Crippen molar-refractivity contribution in [1.82, 2.24) is 0 Å². The van der Waals surface area contributed by atoms with E-state index in [2.05, 4.69) is 24.3 Å². The molecule has 5 rings (SSSR count). The van der Waals surface area contributed by atoms with Gasteiger partial charge in [0.15, 0.2) is 5.60 Å². The first-order valence-electron chi connectivity index (χ1n) is 12.7. The molecule has 39 heavy (non-hydrogen) atoms. The smallest absolute Gasteiger partial charge is 0.275 e. The Kier molecular flexibility index (Phi) is 8.91. The fourth-order valence-electron chi connectivity index (χ4n) is 4.42. The van der Waals surface area contributed by atoms with Gasteiger partial charge in [0.1, 0.15) is 17.2 Å². The zero-order valence-electron chi connectivity index (χ0n) is 21.8. The maximum Gasteiger partial charge on any atom is 0.275 e. The molecule has 0 amide bonds. The van der Waals surface area contributed by atoms with Crippen LogP contribution in [0, 0.1) is 13.8 Å². The topological polar surface area (TPSA) is 36.9 Å². The summed E-state index contributed by atoms with van der Waals surface area (Å²) in [6, 6.07) is 44.2. The largest absolute Gasteiger partial charge is 0.449 e. The van der Waals surface area contributed by atoms with Gasteiger partial charge in [0.25, 0.3) is 9.03 Å². The lowest BCUT2D eigenvalue weighted by Crippen LogP contribution is -2.31. The molecule has 0 saturated carbocycles. The van der Waals surface area contributed by atoms with E-state index in [1.807, 2.05) is 123 Å². The molecular weight excluding hydrogens is 522 g/mol. The van der Waals surface area contributed by atoms with Crippen LogP contribution in [0.25, 0.3) is 0 Å². The van der Waals surface area contributed by atoms with Crippen molar-refractivity contribution in [2.45, 2.75) is 19.4 Å². The number of hydrogen-bond acceptors (Lipinski definition) is 4. The fourth-order valence-corrected chi connectivity index (χ4v) is 5.88. The first kappa shape index (κ1) is 26.9. The molecule has 196 valence electrons. The molecule has 0 heterocycles. The van der Waals surface area contributed by atoms with Crippen molar-refractivity contribution >= 4 is 18.1 Å². The van der Waals surface area contributed by atoms with Crippen molar-refractivity contribution in [2.75, 3.05) is 0 Å². The summed E-state index contributed by atoms with van der Waals surface area (Å²) in [5.74, 6) is 2.27. The molecule has 4 nitrogen and oxygen atoms in total. The number of benzene rings is 5. The molecule has 0 radical (unpaired) electrons. The molecule has 2 unspecified atom stereocenters. The summed E-state index contributed by atoms with van der Waals surface area (Å²) in [5.41, 5.74) is 3.92. The minimum absolute atomic E-state index is 0.232. The zero-order chi connectivity index (χ0) is 26.9. The van der Waals surface area contributed by atoms with E-state index in [0.717, 1.165) is 39.3 Å². The van der Waals surface area contributed by atoms with E-state index in [1.165, 1.54) is 0 Å². The van der Waals surface area contributed by atoms with E-state index in [1.54, 1.807) is 0 Å². The van der Waals surface area contributed by atoms with Crippen LogP contribution in [0.5, 0.6) is 17.2 Å². The van der Waals surface area contributed by atoms with Crippen molar-refractivity contribution in [2.24, 2.45) is 0 Å². The Morgan fingerprint density at radius 3 is 1.38 bits per heavy atom. The van der Waals surface area contributed by atoms with Crippen molar-refractivity contribution in [3.8, 4) is 17.2 Å². The third-order valence-corrected chi connectivity index (χ3v) is 7.76. The maximum absolute atomic E-state index is 6.86. The quantitative estimate of drug-likeness (QED) is 0.121. The highest BCUT2D eigenvalue weighted by atomic mass is 31.1. The highest BCUT2D eigenvalue weighted by Crippen LogP contribution is 2.49. The highest BCUT2D eigenvalue weighted by Gasteiger charge is 2.40. The van der Waals surface area contributed by atoms with Crippen LogP contribution in [0.15, 0.2) is 133 Å². The highest BCUT2D eigenvalue weighted by molar-refractivity contribution is 7.27. The second kappa shape index (κ2) is 12.9. The van der Waals surface area contributed by atoms with E-state index in [9.17, 15) is 0 Å². The van der Waals surface area contributed by atoms with Crippen LogP contribution < -0.4 is 13.6 Å². The van der Waals surface area contributed by atoms with Crippen LogP contribution in [0.2, 0.25) is 0 Å². The lowest BCUT2D eigenvalue weighted by Gasteiger charge is -2.36. The van der Waals surface area contributed by atoms with Gasteiger partial charge >= 0.3 is 0 Å². The fraction of sp³-hybridized carbons (Fsp3) is 0.0909. The number of rotatable bonds is 11. The molecule has 0 aliphatic carbocycles. The molecule has 0 saturated heterocycles. The molecule has 2 atom stereocenters.